The van der Waals surface area contributed by atoms with Crippen LogP contribution in [0, 0.1) is 6.92 Å². The Hall–Kier alpha value is -3.65. The molecule has 0 radical (unpaired) electrons. The fourth-order valence-corrected chi connectivity index (χ4v) is 3.79. The van der Waals surface area contributed by atoms with Crippen LogP contribution in [0.2, 0.25) is 0 Å². The molecule has 0 aliphatic carbocycles. The number of nitrogens with zero attached hydrogens (tertiary/aromatic N) is 3. The fourth-order valence-electron chi connectivity index (χ4n) is 3.00. The van der Waals surface area contributed by atoms with Crippen LogP contribution in [0.3, 0.4) is 0 Å². The average Bonchev–Trinajstić information content (AvgIpc) is 3.41. The minimum atomic E-state index is -0.672. The summed E-state index contributed by atoms with van der Waals surface area (Å²) in [7, 11) is 1.63. The number of ether oxygens (including phenoxy) is 2. The standard InChI is InChI=1S/C23H22N4O3S/c1-15-12-21(25-22(28)16(2)30-18-9-5-4-6-10-18)27(26-15)23-24-20(14-31-23)17-8-7-11-19(13-17)29-3/h4-14,16H,1-3H3,(H,25,28). The van der Waals surface area contributed by atoms with Crippen LogP contribution in [0.4, 0.5) is 5.82 Å². The molecular weight excluding hydrogens is 412 g/mol. The van der Waals surface area contributed by atoms with E-state index in [4.69, 9.17) is 14.5 Å². The lowest BCUT2D eigenvalue weighted by molar-refractivity contribution is -0.122. The normalized spacial score (nSPS) is 11.7. The summed E-state index contributed by atoms with van der Waals surface area (Å²) in [6.07, 6.45) is -0.672. The highest BCUT2D eigenvalue weighted by molar-refractivity contribution is 7.12. The number of nitrogens with one attached hydrogen (secondary N) is 1. The van der Waals surface area contributed by atoms with Crippen molar-refractivity contribution in [1.82, 2.24) is 14.8 Å². The van der Waals surface area contributed by atoms with Gasteiger partial charge in [0.25, 0.3) is 5.91 Å². The lowest BCUT2D eigenvalue weighted by Gasteiger charge is -2.14. The van der Waals surface area contributed by atoms with Crippen LogP contribution in [-0.2, 0) is 4.79 Å². The number of carbonyl (C=O) groups is 1. The number of amides is 1. The van der Waals surface area contributed by atoms with E-state index in [0.29, 0.717) is 16.7 Å². The molecule has 7 nitrogen and oxygen atoms in total. The monoisotopic (exact) mass is 434 g/mol. The third kappa shape index (κ3) is 4.75. The minimum Gasteiger partial charge on any atom is -0.497 e. The van der Waals surface area contributed by atoms with E-state index in [1.807, 2.05) is 66.9 Å². The van der Waals surface area contributed by atoms with E-state index in [-0.39, 0.29) is 5.91 Å². The van der Waals surface area contributed by atoms with Gasteiger partial charge in [0.2, 0.25) is 5.13 Å². The first-order valence-corrected chi connectivity index (χ1v) is 10.6. The predicted molar refractivity (Wildman–Crippen MR) is 121 cm³/mol. The minimum absolute atomic E-state index is 0.269. The molecule has 2 aromatic heterocycles. The van der Waals surface area contributed by atoms with Gasteiger partial charge < -0.3 is 14.8 Å². The van der Waals surface area contributed by atoms with Crippen LogP contribution < -0.4 is 14.8 Å². The SMILES string of the molecule is COc1cccc(-c2csc(-n3nc(C)cc3NC(=O)C(C)Oc3ccccc3)n2)c1. The molecule has 0 bridgehead atoms. The van der Waals surface area contributed by atoms with Gasteiger partial charge >= 0.3 is 0 Å². The van der Waals surface area contributed by atoms with E-state index in [1.54, 1.807) is 24.8 Å². The first-order valence-electron chi connectivity index (χ1n) is 9.73. The predicted octanol–water partition coefficient (Wildman–Crippen LogP) is 4.72. The third-order valence-electron chi connectivity index (χ3n) is 4.55. The first-order chi connectivity index (χ1) is 15.0. The van der Waals surface area contributed by atoms with Crippen molar-refractivity contribution in [1.29, 1.82) is 0 Å². The topological polar surface area (TPSA) is 78.3 Å². The Labute approximate surface area is 184 Å². The molecule has 4 aromatic rings. The number of hydrogen-bond donors (Lipinski definition) is 1. The van der Waals surface area contributed by atoms with Crippen LogP contribution in [0.25, 0.3) is 16.4 Å². The summed E-state index contributed by atoms with van der Waals surface area (Å²) in [4.78, 5) is 17.4. The van der Waals surface area contributed by atoms with Crippen LogP contribution in [0.5, 0.6) is 11.5 Å². The molecule has 0 spiro atoms. The number of carbonyl (C=O) groups excluding carboxylic acids is 1. The quantitative estimate of drug-likeness (QED) is 0.455. The number of aromatic nitrogens is 3. The van der Waals surface area contributed by atoms with Crippen molar-refractivity contribution in [3.8, 4) is 27.9 Å². The average molecular weight is 435 g/mol. The Morgan fingerprint density at radius 2 is 1.87 bits per heavy atom. The van der Waals surface area contributed by atoms with E-state index in [2.05, 4.69) is 10.4 Å². The van der Waals surface area contributed by atoms with Crippen molar-refractivity contribution in [2.45, 2.75) is 20.0 Å². The highest BCUT2D eigenvalue weighted by atomic mass is 32.1. The number of methoxy groups -OCH3 is 1. The molecule has 0 saturated carbocycles. The molecule has 0 saturated heterocycles. The molecule has 2 heterocycles. The Kier molecular flexibility index (Phi) is 5.99. The molecule has 1 N–H and O–H groups in total. The summed E-state index contributed by atoms with van der Waals surface area (Å²) in [5.41, 5.74) is 2.52. The van der Waals surface area contributed by atoms with Crippen molar-refractivity contribution >= 4 is 23.1 Å². The molecule has 0 aliphatic heterocycles. The molecule has 8 heteroatoms. The Bertz CT molecular complexity index is 1190. The van der Waals surface area contributed by atoms with E-state index in [9.17, 15) is 4.79 Å². The number of para-hydroxylation sites is 1. The van der Waals surface area contributed by atoms with Crippen LogP contribution in [-0.4, -0.2) is 33.9 Å². The van der Waals surface area contributed by atoms with E-state index in [1.165, 1.54) is 11.3 Å². The van der Waals surface area contributed by atoms with Gasteiger partial charge in [0, 0.05) is 17.0 Å². The Morgan fingerprint density at radius 1 is 1.10 bits per heavy atom. The lowest BCUT2D eigenvalue weighted by Crippen LogP contribution is -2.30. The highest BCUT2D eigenvalue weighted by Gasteiger charge is 2.19. The van der Waals surface area contributed by atoms with Gasteiger partial charge in [-0.1, -0.05) is 30.3 Å². The zero-order chi connectivity index (χ0) is 21.8. The van der Waals surface area contributed by atoms with Gasteiger partial charge in [-0.15, -0.1) is 11.3 Å². The summed E-state index contributed by atoms with van der Waals surface area (Å²) in [5.74, 6) is 1.67. The zero-order valence-electron chi connectivity index (χ0n) is 17.4. The van der Waals surface area contributed by atoms with Crippen LogP contribution in [0.1, 0.15) is 12.6 Å². The summed E-state index contributed by atoms with van der Waals surface area (Å²) in [5, 5.41) is 10.0. The van der Waals surface area contributed by atoms with Crippen LogP contribution >= 0.6 is 11.3 Å². The lowest BCUT2D eigenvalue weighted by atomic mass is 10.2. The zero-order valence-corrected chi connectivity index (χ0v) is 18.2. The number of thiazole rings is 1. The third-order valence-corrected chi connectivity index (χ3v) is 5.36. The van der Waals surface area contributed by atoms with Crippen LogP contribution in [0.15, 0.2) is 66.0 Å². The number of hydrogen-bond acceptors (Lipinski definition) is 6. The smallest absolute Gasteiger partial charge is 0.266 e. The molecule has 1 amide bonds. The number of rotatable bonds is 7. The summed E-state index contributed by atoms with van der Waals surface area (Å²) in [6.45, 7) is 3.58. The molecular formula is C23H22N4O3S. The van der Waals surface area contributed by atoms with Crippen molar-refractivity contribution in [2.75, 3.05) is 12.4 Å². The molecule has 1 atom stereocenters. The van der Waals surface area contributed by atoms with E-state index in [0.717, 1.165) is 22.7 Å². The van der Waals surface area contributed by atoms with Gasteiger partial charge in [0.15, 0.2) is 6.10 Å². The van der Waals surface area contributed by atoms with E-state index >= 15 is 0 Å². The molecule has 0 fully saturated rings. The number of aryl methyl sites for hydroxylation is 1. The van der Waals surface area contributed by atoms with Crippen molar-refractivity contribution < 1.29 is 14.3 Å². The maximum absolute atomic E-state index is 12.7. The molecule has 0 aliphatic rings. The number of benzene rings is 2. The molecule has 4 rings (SSSR count). The Morgan fingerprint density at radius 3 is 2.65 bits per heavy atom. The largest absolute Gasteiger partial charge is 0.497 e. The second-order valence-electron chi connectivity index (χ2n) is 6.89. The van der Waals surface area contributed by atoms with Crippen molar-refractivity contribution in [3.05, 3.63) is 71.7 Å². The molecule has 2 aromatic carbocycles. The number of anilines is 1. The Balaban J connectivity index is 1.53. The van der Waals surface area contributed by atoms with E-state index < -0.39 is 6.10 Å². The summed E-state index contributed by atoms with van der Waals surface area (Å²) < 4.78 is 12.7. The van der Waals surface area contributed by atoms with Gasteiger partial charge in [-0.2, -0.15) is 9.78 Å². The van der Waals surface area contributed by atoms with Gasteiger partial charge in [-0.3, -0.25) is 4.79 Å². The second kappa shape index (κ2) is 9.01. The molecule has 31 heavy (non-hydrogen) atoms. The van der Waals surface area contributed by atoms with Gasteiger partial charge in [0.05, 0.1) is 18.5 Å². The van der Waals surface area contributed by atoms with Gasteiger partial charge in [0.1, 0.15) is 17.3 Å². The maximum Gasteiger partial charge on any atom is 0.266 e. The van der Waals surface area contributed by atoms with Crippen molar-refractivity contribution in [3.63, 3.8) is 0 Å². The molecule has 158 valence electrons. The summed E-state index contributed by atoms with van der Waals surface area (Å²) >= 11 is 1.44. The summed E-state index contributed by atoms with van der Waals surface area (Å²) in [6, 6.07) is 18.8. The van der Waals surface area contributed by atoms with Gasteiger partial charge in [-0.25, -0.2) is 4.98 Å². The highest BCUT2D eigenvalue weighted by Crippen LogP contribution is 2.28. The fraction of sp³-hybridized carbons (Fsp3) is 0.174. The molecule has 1 unspecified atom stereocenters. The van der Waals surface area contributed by atoms with Crippen molar-refractivity contribution in [2.24, 2.45) is 0 Å². The second-order valence-corrected chi connectivity index (χ2v) is 7.73. The van der Waals surface area contributed by atoms with Gasteiger partial charge in [-0.05, 0) is 38.1 Å². The first kappa shape index (κ1) is 20.6. The maximum atomic E-state index is 12.7.